The molecule has 0 spiro atoms. The largest absolute Gasteiger partial charge is 0.317 e. The minimum absolute atomic E-state index is 0.776. The van der Waals surface area contributed by atoms with E-state index in [1.807, 2.05) is 19.9 Å². The molecule has 0 saturated carbocycles. The van der Waals surface area contributed by atoms with Crippen LogP contribution in [0.25, 0.3) is 5.69 Å². The molecule has 0 aliphatic rings. The van der Waals surface area contributed by atoms with Crippen LogP contribution in [0.5, 0.6) is 0 Å². The summed E-state index contributed by atoms with van der Waals surface area (Å²) in [6, 6.07) is 8.32. The smallest absolute Gasteiger partial charge is 0.151 e. The molecule has 0 aliphatic heterocycles. The summed E-state index contributed by atoms with van der Waals surface area (Å²) in [7, 11) is 0. The molecule has 94 valence electrons. The highest BCUT2D eigenvalue weighted by Gasteiger charge is 2.14. The summed E-state index contributed by atoms with van der Waals surface area (Å²) in [4.78, 5) is 11.1. The van der Waals surface area contributed by atoms with Crippen molar-refractivity contribution in [1.29, 1.82) is 0 Å². The van der Waals surface area contributed by atoms with E-state index in [-0.39, 0.29) is 0 Å². The van der Waals surface area contributed by atoms with Gasteiger partial charge in [0.2, 0.25) is 0 Å². The molecule has 2 nitrogen and oxygen atoms in total. The molecule has 0 radical (unpaired) electrons. The predicted octanol–water partition coefficient (Wildman–Crippen LogP) is 3.78. The van der Waals surface area contributed by atoms with Crippen molar-refractivity contribution in [3.8, 4) is 5.69 Å². The molecule has 2 heteroatoms. The van der Waals surface area contributed by atoms with Crippen molar-refractivity contribution < 1.29 is 4.79 Å². The maximum atomic E-state index is 11.1. The van der Waals surface area contributed by atoms with Crippen molar-refractivity contribution in [1.82, 2.24) is 4.57 Å². The molecule has 0 amide bonds. The Morgan fingerprint density at radius 1 is 1.22 bits per heavy atom. The first-order chi connectivity index (χ1) is 8.60. The zero-order valence-electron chi connectivity index (χ0n) is 11.4. The molecule has 18 heavy (non-hydrogen) atoms. The van der Waals surface area contributed by atoms with Crippen molar-refractivity contribution in [2.45, 2.75) is 34.1 Å². The molecular weight excluding hydrogens is 222 g/mol. The van der Waals surface area contributed by atoms with Gasteiger partial charge in [-0.2, -0.15) is 0 Å². The number of aromatic nitrogens is 1. The fraction of sp³-hybridized carbons (Fsp3) is 0.312. The molecule has 0 unspecified atom stereocenters. The molecule has 0 atom stereocenters. The standard InChI is InChI=1S/C16H19NO/c1-5-14-8-6-7-11(2)16(14)17-12(3)9-15(10-18)13(17)4/h6-10H,5H2,1-4H3. The summed E-state index contributed by atoms with van der Waals surface area (Å²) >= 11 is 0. The highest BCUT2D eigenvalue weighted by Crippen LogP contribution is 2.26. The molecule has 2 rings (SSSR count). The summed E-state index contributed by atoms with van der Waals surface area (Å²) in [5.74, 6) is 0. The Bertz CT molecular complexity index is 593. The van der Waals surface area contributed by atoms with Gasteiger partial charge in [0.25, 0.3) is 0 Å². The fourth-order valence-electron chi connectivity index (χ4n) is 2.58. The van der Waals surface area contributed by atoms with E-state index in [0.29, 0.717) is 0 Å². The topological polar surface area (TPSA) is 22.0 Å². The number of rotatable bonds is 3. The van der Waals surface area contributed by atoms with Gasteiger partial charge in [0.1, 0.15) is 0 Å². The molecule has 0 fully saturated rings. The molecular formula is C16H19NO. The number of hydrogen-bond acceptors (Lipinski definition) is 1. The lowest BCUT2D eigenvalue weighted by atomic mass is 10.1. The molecule has 2 aromatic rings. The Balaban J connectivity index is 2.76. The zero-order chi connectivity index (χ0) is 13.3. The minimum atomic E-state index is 0.776. The number of hydrogen-bond donors (Lipinski definition) is 0. The van der Waals surface area contributed by atoms with Crippen molar-refractivity contribution >= 4 is 6.29 Å². The number of carbonyl (C=O) groups excluding carboxylic acids is 1. The lowest BCUT2D eigenvalue weighted by Gasteiger charge is -2.16. The third-order valence-corrected chi connectivity index (χ3v) is 3.52. The number of carbonyl (C=O) groups is 1. The van der Waals surface area contributed by atoms with Crippen LogP contribution in [-0.4, -0.2) is 10.9 Å². The van der Waals surface area contributed by atoms with Gasteiger partial charge in [-0.3, -0.25) is 4.79 Å². The first-order valence-electron chi connectivity index (χ1n) is 6.33. The first kappa shape index (κ1) is 12.6. The second-order valence-electron chi connectivity index (χ2n) is 4.72. The number of para-hydroxylation sites is 1. The fourth-order valence-corrected chi connectivity index (χ4v) is 2.58. The van der Waals surface area contributed by atoms with Crippen LogP contribution in [0.15, 0.2) is 24.3 Å². The van der Waals surface area contributed by atoms with E-state index in [0.717, 1.165) is 29.7 Å². The van der Waals surface area contributed by atoms with Gasteiger partial charge in [-0.25, -0.2) is 0 Å². The van der Waals surface area contributed by atoms with Gasteiger partial charge in [0.15, 0.2) is 6.29 Å². The zero-order valence-corrected chi connectivity index (χ0v) is 11.4. The van der Waals surface area contributed by atoms with Gasteiger partial charge in [0, 0.05) is 17.0 Å². The third kappa shape index (κ3) is 1.88. The number of benzene rings is 1. The van der Waals surface area contributed by atoms with Crippen LogP contribution in [0, 0.1) is 20.8 Å². The first-order valence-corrected chi connectivity index (χ1v) is 6.33. The maximum absolute atomic E-state index is 11.1. The molecule has 0 N–H and O–H groups in total. The summed E-state index contributed by atoms with van der Waals surface area (Å²) < 4.78 is 2.19. The van der Waals surface area contributed by atoms with Crippen molar-refractivity contribution in [3.63, 3.8) is 0 Å². The van der Waals surface area contributed by atoms with Crippen LogP contribution in [0.3, 0.4) is 0 Å². The van der Waals surface area contributed by atoms with Crippen LogP contribution in [0.2, 0.25) is 0 Å². The van der Waals surface area contributed by atoms with Crippen LogP contribution >= 0.6 is 0 Å². The third-order valence-electron chi connectivity index (χ3n) is 3.52. The SMILES string of the molecule is CCc1cccc(C)c1-n1c(C)cc(C=O)c1C. The van der Waals surface area contributed by atoms with E-state index in [1.54, 1.807) is 0 Å². The Morgan fingerprint density at radius 2 is 1.94 bits per heavy atom. The second kappa shape index (κ2) is 4.81. The second-order valence-corrected chi connectivity index (χ2v) is 4.72. The number of nitrogens with zero attached hydrogens (tertiary/aromatic N) is 1. The molecule has 1 aromatic heterocycles. The van der Waals surface area contributed by atoms with Gasteiger partial charge in [-0.05, 0) is 44.4 Å². The van der Waals surface area contributed by atoms with E-state index in [4.69, 9.17) is 0 Å². The number of aryl methyl sites for hydroxylation is 3. The van der Waals surface area contributed by atoms with Gasteiger partial charge in [-0.15, -0.1) is 0 Å². The van der Waals surface area contributed by atoms with E-state index in [9.17, 15) is 4.79 Å². The summed E-state index contributed by atoms with van der Waals surface area (Å²) in [5, 5.41) is 0. The molecule has 0 saturated heterocycles. The van der Waals surface area contributed by atoms with Crippen molar-refractivity contribution in [2.24, 2.45) is 0 Å². The minimum Gasteiger partial charge on any atom is -0.317 e. The Kier molecular flexibility index (Phi) is 3.37. The monoisotopic (exact) mass is 241 g/mol. The summed E-state index contributed by atoms with van der Waals surface area (Å²) in [5.41, 5.74) is 6.69. The highest BCUT2D eigenvalue weighted by molar-refractivity contribution is 5.78. The average molecular weight is 241 g/mol. The predicted molar refractivity (Wildman–Crippen MR) is 74.7 cm³/mol. The van der Waals surface area contributed by atoms with Crippen LogP contribution < -0.4 is 0 Å². The van der Waals surface area contributed by atoms with Crippen molar-refractivity contribution in [3.05, 3.63) is 52.3 Å². The van der Waals surface area contributed by atoms with Crippen LogP contribution in [0.1, 0.15) is 39.8 Å². The quantitative estimate of drug-likeness (QED) is 0.750. The molecule has 1 aromatic carbocycles. The molecule has 0 bridgehead atoms. The summed E-state index contributed by atoms with van der Waals surface area (Å²) in [6.07, 6.45) is 1.92. The Labute approximate surface area is 108 Å². The maximum Gasteiger partial charge on any atom is 0.151 e. The van der Waals surface area contributed by atoms with E-state index >= 15 is 0 Å². The van der Waals surface area contributed by atoms with E-state index < -0.39 is 0 Å². The van der Waals surface area contributed by atoms with Gasteiger partial charge >= 0.3 is 0 Å². The van der Waals surface area contributed by atoms with Crippen LogP contribution in [0.4, 0.5) is 0 Å². The van der Waals surface area contributed by atoms with Crippen LogP contribution in [-0.2, 0) is 6.42 Å². The van der Waals surface area contributed by atoms with E-state index in [1.165, 1.54) is 16.8 Å². The highest BCUT2D eigenvalue weighted by atomic mass is 16.1. The normalized spacial score (nSPS) is 10.7. The lowest BCUT2D eigenvalue weighted by Crippen LogP contribution is -2.05. The summed E-state index contributed by atoms with van der Waals surface area (Å²) in [6.45, 7) is 8.33. The average Bonchev–Trinajstić information content (AvgIpc) is 2.64. The molecule has 0 aliphatic carbocycles. The number of aldehydes is 1. The van der Waals surface area contributed by atoms with Gasteiger partial charge in [0.05, 0.1) is 5.69 Å². The van der Waals surface area contributed by atoms with Crippen molar-refractivity contribution in [2.75, 3.05) is 0 Å². The molecule has 1 heterocycles. The van der Waals surface area contributed by atoms with Gasteiger partial charge in [-0.1, -0.05) is 25.1 Å². The van der Waals surface area contributed by atoms with Gasteiger partial charge < -0.3 is 4.57 Å². The Hall–Kier alpha value is -1.83. The van der Waals surface area contributed by atoms with E-state index in [2.05, 4.69) is 36.6 Å². The lowest BCUT2D eigenvalue weighted by molar-refractivity contribution is 0.112. The Morgan fingerprint density at radius 3 is 2.50 bits per heavy atom.